The summed E-state index contributed by atoms with van der Waals surface area (Å²) >= 11 is 23.1. The molecule has 5 aliphatic heterocycles. The molecule has 660 valence electrons. The lowest BCUT2D eigenvalue weighted by Crippen LogP contribution is -2.61. The third kappa shape index (κ3) is 33.0. The Hall–Kier alpha value is -4.89. The quantitative estimate of drug-likeness (QED) is 0.0838. The number of aryl methyl sites for hydroxylation is 2. The molecular weight excluding hydrogens is 1600 g/mol. The van der Waals surface area contributed by atoms with Gasteiger partial charge in [0, 0.05) is 78.7 Å². The van der Waals surface area contributed by atoms with Crippen LogP contribution in [0.1, 0.15) is 250 Å². The Kier molecular flexibility index (Phi) is 37.0. The maximum atomic E-state index is 14.1. The van der Waals surface area contributed by atoms with Crippen LogP contribution in [-0.2, 0) is 44.3 Å². The van der Waals surface area contributed by atoms with Gasteiger partial charge in [0.2, 0.25) is 5.88 Å². The van der Waals surface area contributed by atoms with E-state index in [1.807, 2.05) is 44.3 Å². The Morgan fingerprint density at radius 1 is 0.475 bits per heavy atom. The largest absolute Gasteiger partial charge is 0.573 e. The van der Waals surface area contributed by atoms with Crippen LogP contribution in [0.3, 0.4) is 0 Å². The van der Waals surface area contributed by atoms with E-state index in [1.54, 1.807) is 49.1 Å². The first-order valence-electron chi connectivity index (χ1n) is 42.7. The van der Waals surface area contributed by atoms with E-state index in [0.717, 1.165) is 154 Å². The molecule has 1 aromatic heterocycles. The van der Waals surface area contributed by atoms with Crippen LogP contribution in [0.2, 0.25) is 20.1 Å². The average Bonchev–Trinajstić information content (AvgIpc) is 1.08. The van der Waals surface area contributed by atoms with Gasteiger partial charge in [-0.05, 0) is 288 Å². The lowest BCUT2D eigenvalue weighted by atomic mass is 9.75. The van der Waals surface area contributed by atoms with Crippen LogP contribution in [0.15, 0.2) is 97.2 Å². The van der Waals surface area contributed by atoms with E-state index in [-0.39, 0.29) is 79.8 Å². The van der Waals surface area contributed by atoms with Crippen LogP contribution in [0.25, 0.3) is 0 Å². The Bertz CT molecular complexity index is 4090. The van der Waals surface area contributed by atoms with Gasteiger partial charge in [-0.15, -0.1) is 13.2 Å². The van der Waals surface area contributed by atoms with E-state index >= 15 is 0 Å². The maximum absolute atomic E-state index is 14.1. The van der Waals surface area contributed by atoms with E-state index in [0.29, 0.717) is 47.1 Å². The van der Waals surface area contributed by atoms with Gasteiger partial charge in [0.05, 0.1) is 22.2 Å². The van der Waals surface area contributed by atoms with Crippen molar-refractivity contribution >= 4 is 46.4 Å². The van der Waals surface area contributed by atoms with Crippen molar-refractivity contribution in [3.05, 3.63) is 190 Å². The molecule has 6 aliphatic rings. The molecule has 22 heteroatoms. The number of likely N-dealkylation sites (tertiary alicyclic amines) is 5. The number of nitrogens with zero attached hydrogens (tertiary/aromatic N) is 6. The minimum absolute atomic E-state index is 0.0479. The Morgan fingerprint density at radius 3 is 1.43 bits per heavy atom. The number of hydrogen-bond acceptors (Lipinski definition) is 8. The number of hydrogen-bond donors (Lipinski definition) is 0. The first kappa shape index (κ1) is 100. The first-order chi connectivity index (χ1) is 54.7. The standard InChI is InChI=1S/C17H23ClF3NO.C17H26FN.2C16H23ClFN.C16H25NO.C14H16ClF4N/c1-16(2,3)13-4-6-22(7-5-13)11-12-8-14(18)10-15(9-12)23-17(19,20)21;1-13-5-6-16(18)14(11-13)12-19-9-7-15(8-10-19)17(2,3)4;1-11(2)13-4-6-19(7-5-13)10-14-8-12(3)9-15(17)16(14)18;1-16(2,3)13-6-8-19(9-7-13)11-12-4-5-14(17)15(18)10-12;1-11(2)10-18-15-14(12-6-7-12)8-13(9-17-15)16(3,4)5;1-9(2)13(16)7-20(8-13)6-10-3-4-11(15)5-12(10)14(17,18)19/h8-10,13H,4-7,11H2,1-3H3;5-6,11,15H,7-10,12H2,1-4H3;8-9,11,13H,4-7,10H2,1-3H3;4-5,10,13H,6-9,11H2,1-3H3;8-9,11-12H,6-7,10H2,1-5H3;3-5,9H,6-8H2,1-2H3. The van der Waals surface area contributed by atoms with Gasteiger partial charge in [-0.2, -0.15) is 13.2 Å². The molecular formula is C96H136Cl4F10N6O2. The normalized spacial score (nSPS) is 18.2. The molecule has 6 fully saturated rings. The van der Waals surface area contributed by atoms with Crippen LogP contribution in [0.4, 0.5) is 43.9 Å². The van der Waals surface area contributed by atoms with E-state index in [2.05, 4.69) is 146 Å². The van der Waals surface area contributed by atoms with Crippen LogP contribution in [0.5, 0.6) is 11.6 Å². The van der Waals surface area contributed by atoms with Crippen LogP contribution in [0, 0.1) is 89.0 Å². The molecule has 8 nitrogen and oxygen atoms in total. The van der Waals surface area contributed by atoms with Crippen molar-refractivity contribution < 1.29 is 53.4 Å². The first-order valence-corrected chi connectivity index (χ1v) is 44.2. The zero-order chi connectivity index (χ0) is 87.8. The van der Waals surface area contributed by atoms with E-state index in [1.165, 1.54) is 86.8 Å². The summed E-state index contributed by atoms with van der Waals surface area (Å²) in [6.07, 6.45) is 4.99. The maximum Gasteiger partial charge on any atom is 0.573 e. The summed E-state index contributed by atoms with van der Waals surface area (Å²) in [4.78, 5) is 15.6. The lowest BCUT2D eigenvalue weighted by Gasteiger charge is -2.47. The van der Waals surface area contributed by atoms with E-state index in [4.69, 9.17) is 51.1 Å². The minimum atomic E-state index is -4.70. The molecule has 0 N–H and O–H groups in total. The number of aromatic nitrogens is 1. The van der Waals surface area contributed by atoms with Gasteiger partial charge >= 0.3 is 12.5 Å². The predicted molar refractivity (Wildman–Crippen MR) is 468 cm³/mol. The van der Waals surface area contributed by atoms with E-state index < -0.39 is 23.8 Å². The fraction of sp³-hybridized carbons (Fsp3) is 0.635. The summed E-state index contributed by atoms with van der Waals surface area (Å²) in [6, 6.07) is 24.4. The molecule has 5 aromatic carbocycles. The molecule has 1 aliphatic carbocycles. The number of alkyl halides is 7. The number of ether oxygens (including phenoxy) is 2. The molecule has 118 heavy (non-hydrogen) atoms. The fourth-order valence-electron chi connectivity index (χ4n) is 16.2. The van der Waals surface area contributed by atoms with Gasteiger partial charge in [0.15, 0.2) is 0 Å². The van der Waals surface area contributed by atoms with Gasteiger partial charge < -0.3 is 9.47 Å². The fourth-order valence-corrected chi connectivity index (χ4v) is 17.1. The number of pyridine rings is 1. The summed E-state index contributed by atoms with van der Waals surface area (Å²) in [7, 11) is 0. The van der Waals surface area contributed by atoms with Crippen LogP contribution < -0.4 is 9.47 Å². The molecule has 0 unspecified atom stereocenters. The molecule has 12 rings (SSSR count). The lowest BCUT2D eigenvalue weighted by molar-refractivity contribution is -0.274. The number of piperidine rings is 4. The summed E-state index contributed by atoms with van der Waals surface area (Å²) in [6.45, 7) is 56.3. The average molecular weight is 1740 g/mol. The van der Waals surface area contributed by atoms with Crippen molar-refractivity contribution in [2.75, 3.05) is 72.1 Å². The van der Waals surface area contributed by atoms with Gasteiger partial charge in [0.25, 0.3) is 0 Å². The third-order valence-corrected chi connectivity index (χ3v) is 25.3. The van der Waals surface area contributed by atoms with Crippen molar-refractivity contribution in [2.45, 2.75) is 265 Å². The zero-order valence-corrected chi connectivity index (χ0v) is 77.1. The SMILES string of the molecule is CC(C)(C)C1CCN(Cc2cc(Cl)cc(OC(F)(F)F)c2)CC1.CC(C)(C)C1CCN(Cc2ccc(Cl)c(F)c2)CC1.CC(C)C1(F)CN(Cc2ccc(Cl)cc2C(F)(F)F)C1.CC(C)COc1ncc(C(C)(C)C)cc1C1CC1.Cc1cc(Cl)c(F)c(CN2CCC(C(C)C)CC2)c1.Cc1ccc(F)c(CN2CCC(C(C)(C)C)CC2)c1. The highest BCUT2D eigenvalue weighted by molar-refractivity contribution is 6.31. The van der Waals surface area contributed by atoms with Crippen molar-refractivity contribution in [2.24, 2.45) is 57.7 Å². The molecule has 0 bridgehead atoms. The summed E-state index contributed by atoms with van der Waals surface area (Å²) in [5.41, 5.74) is 7.49. The van der Waals surface area contributed by atoms with Crippen LogP contribution >= 0.6 is 46.4 Å². The molecule has 1 saturated carbocycles. The highest BCUT2D eigenvalue weighted by atomic mass is 35.5. The molecule has 0 spiro atoms. The van der Waals surface area contributed by atoms with Gasteiger partial charge in [-0.3, -0.25) is 24.5 Å². The molecule has 0 atom stereocenters. The van der Waals surface area contributed by atoms with Crippen molar-refractivity contribution in [1.29, 1.82) is 0 Å². The van der Waals surface area contributed by atoms with E-state index in [9.17, 15) is 43.9 Å². The molecule has 0 radical (unpaired) electrons. The smallest absolute Gasteiger partial charge is 0.477 e. The second-order valence-electron chi connectivity index (χ2n) is 39.5. The monoisotopic (exact) mass is 1730 g/mol. The minimum Gasteiger partial charge on any atom is -0.477 e. The third-order valence-electron chi connectivity index (χ3n) is 24.3. The number of rotatable bonds is 17. The van der Waals surface area contributed by atoms with Crippen molar-refractivity contribution in [1.82, 2.24) is 29.5 Å². The Labute approximate surface area is 721 Å². The van der Waals surface area contributed by atoms with Gasteiger partial charge in [0.1, 0.15) is 28.9 Å². The topological polar surface area (TPSA) is 47.6 Å². The molecule has 6 heterocycles. The van der Waals surface area contributed by atoms with Crippen LogP contribution in [-0.4, -0.2) is 114 Å². The zero-order valence-electron chi connectivity index (χ0n) is 74.0. The molecule has 6 aromatic rings. The summed E-state index contributed by atoms with van der Waals surface area (Å²) in [5, 5.41) is 0.750. The van der Waals surface area contributed by atoms with Gasteiger partial charge in [-0.1, -0.05) is 207 Å². The van der Waals surface area contributed by atoms with Crippen molar-refractivity contribution in [3.63, 3.8) is 0 Å². The second kappa shape index (κ2) is 43.6. The summed E-state index contributed by atoms with van der Waals surface area (Å²) in [5.74, 6) is 4.91. The Morgan fingerprint density at radius 2 is 0.966 bits per heavy atom. The number of benzene rings is 5. The highest BCUT2D eigenvalue weighted by Crippen LogP contribution is 2.46. The second-order valence-corrected chi connectivity index (χ2v) is 41.2. The Balaban J connectivity index is 0.000000196. The molecule has 5 saturated heterocycles. The molecule has 0 amide bonds. The predicted octanol–water partition coefficient (Wildman–Crippen LogP) is 28.1. The highest BCUT2D eigenvalue weighted by Gasteiger charge is 2.47. The number of halogens is 14. The van der Waals surface area contributed by atoms with Crippen molar-refractivity contribution in [3.8, 4) is 11.6 Å². The van der Waals surface area contributed by atoms with Gasteiger partial charge in [-0.25, -0.2) is 22.5 Å². The summed E-state index contributed by atoms with van der Waals surface area (Å²) < 4.78 is 141.